The summed E-state index contributed by atoms with van der Waals surface area (Å²) in [4.78, 5) is 18.6. The Balaban J connectivity index is 1.47. The molecule has 0 radical (unpaired) electrons. The molecular weight excluding hydrogens is 322 g/mol. The molecule has 1 aliphatic rings. The Hall–Kier alpha value is -2.22. The number of nitrogens with zero attached hydrogens (tertiary/aromatic N) is 4. The van der Waals surface area contributed by atoms with Crippen LogP contribution in [0.2, 0.25) is 0 Å². The molecule has 0 saturated carbocycles. The highest BCUT2D eigenvalue weighted by molar-refractivity contribution is 5.76. The number of H-pyrrole nitrogens is 1. The van der Waals surface area contributed by atoms with Crippen molar-refractivity contribution in [3.05, 3.63) is 28.7 Å². The summed E-state index contributed by atoms with van der Waals surface area (Å²) in [5, 5.41) is 10.9. The predicted molar refractivity (Wildman–Crippen MR) is 89.8 cm³/mol. The average Bonchev–Trinajstić information content (AvgIpc) is 3.17. The first kappa shape index (κ1) is 17.6. The molecule has 3 rings (SSSR count). The van der Waals surface area contributed by atoms with Gasteiger partial charge in [0.1, 0.15) is 6.61 Å². The summed E-state index contributed by atoms with van der Waals surface area (Å²) in [5.74, 6) is 1.25. The van der Waals surface area contributed by atoms with Gasteiger partial charge in [-0.05, 0) is 45.6 Å². The molecule has 8 nitrogen and oxygen atoms in total. The van der Waals surface area contributed by atoms with Crippen LogP contribution in [-0.4, -0.2) is 50.3 Å². The topological polar surface area (TPSA) is 97.1 Å². The fourth-order valence-electron chi connectivity index (χ4n) is 3.22. The molecule has 25 heavy (non-hydrogen) atoms. The van der Waals surface area contributed by atoms with E-state index in [0.717, 1.165) is 42.8 Å². The van der Waals surface area contributed by atoms with Crippen LogP contribution in [0.25, 0.3) is 0 Å². The van der Waals surface area contributed by atoms with Gasteiger partial charge in [0.2, 0.25) is 5.91 Å². The number of aromatic nitrogens is 4. The third-order valence-electron chi connectivity index (χ3n) is 4.61. The molecule has 1 N–H and O–H groups in total. The number of rotatable bonds is 6. The van der Waals surface area contributed by atoms with Crippen LogP contribution < -0.4 is 0 Å². The number of carbonyl (C=O) groups is 1. The molecule has 3 heterocycles. The van der Waals surface area contributed by atoms with E-state index in [1.165, 1.54) is 0 Å². The number of likely N-dealkylation sites (tertiary alicyclic amines) is 1. The summed E-state index contributed by atoms with van der Waals surface area (Å²) in [6, 6.07) is 0. The van der Waals surface area contributed by atoms with E-state index in [1.54, 1.807) is 6.92 Å². The van der Waals surface area contributed by atoms with Crippen molar-refractivity contribution in [3.63, 3.8) is 0 Å². The number of hydrogen-bond donors (Lipinski definition) is 1. The molecule has 1 fully saturated rings. The van der Waals surface area contributed by atoms with Crippen LogP contribution in [0.4, 0.5) is 0 Å². The van der Waals surface area contributed by atoms with E-state index in [1.807, 2.05) is 18.7 Å². The Kier molecular flexibility index (Phi) is 5.47. The number of nitrogens with one attached hydrogen (secondary N) is 1. The van der Waals surface area contributed by atoms with Gasteiger partial charge >= 0.3 is 0 Å². The van der Waals surface area contributed by atoms with Gasteiger partial charge in [-0.25, -0.2) is 0 Å². The van der Waals surface area contributed by atoms with Crippen molar-refractivity contribution in [3.8, 4) is 0 Å². The zero-order valence-corrected chi connectivity index (χ0v) is 15.0. The first-order valence-corrected chi connectivity index (χ1v) is 8.72. The van der Waals surface area contributed by atoms with Crippen molar-refractivity contribution < 1.29 is 14.1 Å². The molecule has 1 unspecified atom stereocenters. The van der Waals surface area contributed by atoms with Crippen LogP contribution in [0, 0.1) is 20.8 Å². The number of amides is 1. The molecule has 0 bridgehead atoms. The van der Waals surface area contributed by atoms with Crippen LogP contribution in [0.1, 0.15) is 47.9 Å². The SMILES string of the molecule is Cc1noc(COC2CCCN(C(=O)CCc3c(C)n[nH]c3C)C2)n1. The van der Waals surface area contributed by atoms with Crippen molar-refractivity contribution >= 4 is 5.91 Å². The molecule has 2 aromatic rings. The van der Waals surface area contributed by atoms with E-state index in [-0.39, 0.29) is 12.0 Å². The first-order chi connectivity index (χ1) is 12.0. The summed E-state index contributed by atoms with van der Waals surface area (Å²) in [6.07, 6.45) is 3.12. The lowest BCUT2D eigenvalue weighted by Gasteiger charge is -2.32. The maximum absolute atomic E-state index is 12.5. The summed E-state index contributed by atoms with van der Waals surface area (Å²) >= 11 is 0. The molecule has 8 heteroatoms. The normalized spacial score (nSPS) is 17.9. The summed E-state index contributed by atoms with van der Waals surface area (Å²) in [6.45, 7) is 7.44. The van der Waals surface area contributed by atoms with E-state index in [0.29, 0.717) is 31.3 Å². The van der Waals surface area contributed by atoms with Crippen molar-refractivity contribution in [2.24, 2.45) is 0 Å². The largest absolute Gasteiger partial charge is 0.367 e. The summed E-state index contributed by atoms with van der Waals surface area (Å²) < 4.78 is 10.9. The Morgan fingerprint density at radius 2 is 2.24 bits per heavy atom. The van der Waals surface area contributed by atoms with Crippen LogP contribution in [0.15, 0.2) is 4.52 Å². The van der Waals surface area contributed by atoms with Gasteiger partial charge in [-0.2, -0.15) is 10.1 Å². The Morgan fingerprint density at radius 1 is 1.40 bits per heavy atom. The highest BCUT2D eigenvalue weighted by atomic mass is 16.5. The van der Waals surface area contributed by atoms with E-state index in [9.17, 15) is 4.79 Å². The molecule has 1 aliphatic heterocycles. The third-order valence-corrected chi connectivity index (χ3v) is 4.61. The van der Waals surface area contributed by atoms with Crippen LogP contribution >= 0.6 is 0 Å². The second kappa shape index (κ2) is 7.77. The van der Waals surface area contributed by atoms with Crippen molar-refractivity contribution in [1.29, 1.82) is 0 Å². The number of ether oxygens (including phenoxy) is 1. The molecule has 2 aromatic heterocycles. The Bertz CT molecular complexity index is 704. The van der Waals surface area contributed by atoms with Crippen molar-refractivity contribution in [1.82, 2.24) is 25.2 Å². The van der Waals surface area contributed by atoms with Crippen LogP contribution in [0.5, 0.6) is 0 Å². The predicted octanol–water partition coefficient (Wildman–Crippen LogP) is 1.86. The number of aryl methyl sites for hydroxylation is 3. The monoisotopic (exact) mass is 347 g/mol. The molecule has 0 spiro atoms. The average molecular weight is 347 g/mol. The molecule has 1 saturated heterocycles. The number of aromatic amines is 1. The molecule has 136 valence electrons. The van der Waals surface area contributed by atoms with Gasteiger partial charge < -0.3 is 14.2 Å². The lowest BCUT2D eigenvalue weighted by Crippen LogP contribution is -2.43. The quantitative estimate of drug-likeness (QED) is 0.856. The first-order valence-electron chi connectivity index (χ1n) is 8.72. The molecule has 0 aliphatic carbocycles. The zero-order chi connectivity index (χ0) is 17.8. The molecule has 1 amide bonds. The minimum atomic E-state index is 0.0160. The van der Waals surface area contributed by atoms with Crippen molar-refractivity contribution in [2.45, 2.75) is 59.2 Å². The highest BCUT2D eigenvalue weighted by Gasteiger charge is 2.24. The lowest BCUT2D eigenvalue weighted by molar-refractivity contribution is -0.135. The van der Waals surface area contributed by atoms with Gasteiger partial charge in [0.05, 0.1) is 11.8 Å². The van der Waals surface area contributed by atoms with E-state index < -0.39 is 0 Å². The summed E-state index contributed by atoms with van der Waals surface area (Å²) in [7, 11) is 0. The van der Waals surface area contributed by atoms with Gasteiger partial charge in [0.25, 0.3) is 5.89 Å². The van der Waals surface area contributed by atoms with E-state index >= 15 is 0 Å². The van der Waals surface area contributed by atoms with Gasteiger partial charge in [-0.3, -0.25) is 9.89 Å². The second-order valence-electron chi connectivity index (χ2n) is 6.56. The van der Waals surface area contributed by atoms with Crippen LogP contribution in [0.3, 0.4) is 0 Å². The minimum Gasteiger partial charge on any atom is -0.367 e. The molecular formula is C17H25N5O3. The van der Waals surface area contributed by atoms with E-state index in [4.69, 9.17) is 9.26 Å². The highest BCUT2D eigenvalue weighted by Crippen LogP contribution is 2.18. The fraction of sp³-hybridized carbons (Fsp3) is 0.647. The minimum absolute atomic E-state index is 0.0160. The van der Waals surface area contributed by atoms with Crippen LogP contribution in [-0.2, 0) is 22.6 Å². The Labute approximate surface area is 146 Å². The van der Waals surface area contributed by atoms with Gasteiger partial charge in [-0.15, -0.1) is 0 Å². The van der Waals surface area contributed by atoms with Gasteiger partial charge in [0.15, 0.2) is 5.82 Å². The van der Waals surface area contributed by atoms with E-state index in [2.05, 4.69) is 20.3 Å². The van der Waals surface area contributed by atoms with Gasteiger partial charge in [-0.1, -0.05) is 5.16 Å². The van der Waals surface area contributed by atoms with Crippen molar-refractivity contribution in [2.75, 3.05) is 13.1 Å². The summed E-state index contributed by atoms with van der Waals surface area (Å²) in [5.41, 5.74) is 3.16. The number of piperidine rings is 1. The lowest BCUT2D eigenvalue weighted by atomic mass is 10.0. The molecule has 1 atom stereocenters. The Morgan fingerprint density at radius 3 is 2.92 bits per heavy atom. The maximum atomic E-state index is 12.5. The number of carbonyl (C=O) groups excluding carboxylic acids is 1. The zero-order valence-electron chi connectivity index (χ0n) is 15.0. The fourth-order valence-corrected chi connectivity index (χ4v) is 3.22. The maximum Gasteiger partial charge on any atom is 0.252 e. The standard InChI is InChI=1S/C17H25N5O3/c1-11-15(12(2)20-19-11)6-7-17(23)22-8-4-5-14(9-22)24-10-16-18-13(3)21-25-16/h14H,4-10H2,1-3H3,(H,19,20). The number of hydrogen-bond acceptors (Lipinski definition) is 6. The second-order valence-corrected chi connectivity index (χ2v) is 6.56. The smallest absolute Gasteiger partial charge is 0.252 e. The molecule has 0 aromatic carbocycles. The van der Waals surface area contributed by atoms with Gasteiger partial charge in [0, 0.05) is 25.2 Å². The third kappa shape index (κ3) is 4.45.